The molecule has 0 aliphatic carbocycles. The molecule has 0 radical (unpaired) electrons. The molecule has 1 aromatic heterocycles. The molecule has 1 aliphatic heterocycles. The first kappa shape index (κ1) is 8.26. The van der Waals surface area contributed by atoms with Crippen molar-refractivity contribution in [3.63, 3.8) is 0 Å². The van der Waals surface area contributed by atoms with Gasteiger partial charge in [-0.3, -0.25) is 0 Å². The first-order valence-electron chi connectivity index (χ1n) is 4.65. The number of para-hydroxylation sites is 1. The van der Waals surface area contributed by atoms with Crippen molar-refractivity contribution in [2.45, 2.75) is 19.0 Å². The lowest BCUT2D eigenvalue weighted by Gasteiger charge is -2.02. The van der Waals surface area contributed by atoms with E-state index in [4.69, 9.17) is 17.3 Å². The molecule has 1 aliphatic rings. The monoisotopic (exact) mass is 207 g/mol. The molecule has 3 nitrogen and oxygen atoms in total. The first-order valence-corrected chi connectivity index (χ1v) is 5.03. The fraction of sp³-hybridized carbons (Fsp3) is 0.300. The summed E-state index contributed by atoms with van der Waals surface area (Å²) in [5.41, 5.74) is 7.86. The van der Waals surface area contributed by atoms with Crippen LogP contribution in [0.2, 0.25) is 5.02 Å². The molecule has 2 heterocycles. The Balaban J connectivity index is 2.35. The third kappa shape index (κ3) is 0.996. The number of benzene rings is 1. The average Bonchev–Trinajstić information content (AvgIpc) is 2.60. The minimum Gasteiger partial charge on any atom is -0.326 e. The van der Waals surface area contributed by atoms with Gasteiger partial charge in [-0.15, -0.1) is 0 Å². The van der Waals surface area contributed by atoms with Crippen LogP contribution in [-0.2, 0) is 13.0 Å². The lowest BCUT2D eigenvalue weighted by Crippen LogP contribution is -2.20. The van der Waals surface area contributed by atoms with Crippen molar-refractivity contribution in [1.82, 2.24) is 9.55 Å². The quantitative estimate of drug-likeness (QED) is 0.713. The molecule has 1 aromatic carbocycles. The van der Waals surface area contributed by atoms with E-state index < -0.39 is 0 Å². The van der Waals surface area contributed by atoms with E-state index in [1.807, 2.05) is 18.2 Å². The van der Waals surface area contributed by atoms with Gasteiger partial charge < -0.3 is 10.3 Å². The summed E-state index contributed by atoms with van der Waals surface area (Å²) in [4.78, 5) is 4.50. The fourth-order valence-electron chi connectivity index (χ4n) is 2.08. The van der Waals surface area contributed by atoms with E-state index in [1.54, 1.807) is 0 Å². The van der Waals surface area contributed by atoms with Gasteiger partial charge in [-0.1, -0.05) is 17.7 Å². The molecule has 1 atom stereocenters. The van der Waals surface area contributed by atoms with Crippen molar-refractivity contribution in [3.8, 4) is 0 Å². The van der Waals surface area contributed by atoms with Gasteiger partial charge in [0.05, 0.1) is 16.1 Å². The van der Waals surface area contributed by atoms with Gasteiger partial charge >= 0.3 is 0 Å². The second kappa shape index (κ2) is 2.72. The summed E-state index contributed by atoms with van der Waals surface area (Å²) in [6.07, 6.45) is 0.852. The standard InChI is InChI=1S/C10H10ClN3/c11-7-2-1-3-8-10(7)14-5-6(12)4-9(14)13-8/h1-3,6H,4-5,12H2. The van der Waals surface area contributed by atoms with Crippen LogP contribution in [-0.4, -0.2) is 15.6 Å². The minimum absolute atomic E-state index is 0.193. The predicted octanol–water partition coefficient (Wildman–Crippen LogP) is 1.57. The van der Waals surface area contributed by atoms with Gasteiger partial charge in [0.1, 0.15) is 5.82 Å². The fourth-order valence-corrected chi connectivity index (χ4v) is 2.35. The topological polar surface area (TPSA) is 43.8 Å². The van der Waals surface area contributed by atoms with Gasteiger partial charge in [0.15, 0.2) is 0 Å². The van der Waals surface area contributed by atoms with Gasteiger partial charge in [0, 0.05) is 19.0 Å². The maximum absolute atomic E-state index is 6.13. The molecule has 72 valence electrons. The Labute approximate surface area is 86.5 Å². The van der Waals surface area contributed by atoms with E-state index in [1.165, 1.54) is 0 Å². The summed E-state index contributed by atoms with van der Waals surface area (Å²) < 4.78 is 2.13. The largest absolute Gasteiger partial charge is 0.326 e. The normalized spacial score (nSPS) is 20.3. The van der Waals surface area contributed by atoms with Crippen LogP contribution < -0.4 is 5.73 Å². The van der Waals surface area contributed by atoms with E-state index in [0.717, 1.165) is 34.8 Å². The van der Waals surface area contributed by atoms with Crippen molar-refractivity contribution in [2.75, 3.05) is 0 Å². The third-order valence-electron chi connectivity index (χ3n) is 2.66. The van der Waals surface area contributed by atoms with Gasteiger partial charge in [0.25, 0.3) is 0 Å². The van der Waals surface area contributed by atoms with E-state index in [0.29, 0.717) is 0 Å². The highest BCUT2D eigenvalue weighted by Gasteiger charge is 2.22. The average molecular weight is 208 g/mol. The highest BCUT2D eigenvalue weighted by atomic mass is 35.5. The van der Waals surface area contributed by atoms with Crippen LogP contribution in [0.4, 0.5) is 0 Å². The van der Waals surface area contributed by atoms with Crippen LogP contribution in [0.5, 0.6) is 0 Å². The number of rotatable bonds is 0. The Bertz CT molecular complexity index is 503. The lowest BCUT2D eigenvalue weighted by atomic mass is 10.2. The van der Waals surface area contributed by atoms with Crippen LogP contribution in [0.1, 0.15) is 5.82 Å². The molecule has 0 bridgehead atoms. The van der Waals surface area contributed by atoms with Gasteiger partial charge in [0.2, 0.25) is 0 Å². The van der Waals surface area contributed by atoms with Crippen molar-refractivity contribution in [1.29, 1.82) is 0 Å². The SMILES string of the molecule is NC1Cc2nc3cccc(Cl)c3n2C1. The predicted molar refractivity (Wildman–Crippen MR) is 56.4 cm³/mol. The molecule has 4 heteroatoms. The molecule has 3 rings (SSSR count). The molecule has 0 saturated heterocycles. The smallest absolute Gasteiger partial charge is 0.111 e. The zero-order valence-electron chi connectivity index (χ0n) is 7.57. The number of halogens is 1. The first-order chi connectivity index (χ1) is 6.75. The van der Waals surface area contributed by atoms with Crippen LogP contribution in [0.3, 0.4) is 0 Å². The highest BCUT2D eigenvalue weighted by Crippen LogP contribution is 2.27. The number of nitrogens with zero attached hydrogens (tertiary/aromatic N) is 2. The van der Waals surface area contributed by atoms with Gasteiger partial charge in [-0.05, 0) is 12.1 Å². The number of aromatic nitrogens is 2. The molecule has 2 N–H and O–H groups in total. The minimum atomic E-state index is 0.193. The summed E-state index contributed by atoms with van der Waals surface area (Å²) in [5.74, 6) is 1.06. The van der Waals surface area contributed by atoms with Crippen molar-refractivity contribution in [2.24, 2.45) is 5.73 Å². The van der Waals surface area contributed by atoms with Crippen LogP contribution in [0.15, 0.2) is 18.2 Å². The van der Waals surface area contributed by atoms with Crippen molar-refractivity contribution >= 4 is 22.6 Å². The lowest BCUT2D eigenvalue weighted by molar-refractivity contribution is 0.652. The van der Waals surface area contributed by atoms with Crippen LogP contribution in [0.25, 0.3) is 11.0 Å². The van der Waals surface area contributed by atoms with Crippen LogP contribution in [0, 0.1) is 0 Å². The van der Waals surface area contributed by atoms with E-state index in [9.17, 15) is 0 Å². The second-order valence-electron chi connectivity index (χ2n) is 3.71. The number of fused-ring (bicyclic) bond motifs is 3. The van der Waals surface area contributed by atoms with Gasteiger partial charge in [-0.25, -0.2) is 4.98 Å². The summed E-state index contributed by atoms with van der Waals surface area (Å²) in [5, 5.41) is 0.760. The second-order valence-corrected chi connectivity index (χ2v) is 4.12. The summed E-state index contributed by atoms with van der Waals surface area (Å²) in [6, 6.07) is 5.99. The number of imidazole rings is 1. The molecule has 0 spiro atoms. The number of hydrogen-bond acceptors (Lipinski definition) is 2. The van der Waals surface area contributed by atoms with Crippen LogP contribution >= 0.6 is 11.6 Å². The van der Waals surface area contributed by atoms with E-state index >= 15 is 0 Å². The molecular formula is C10H10ClN3. The van der Waals surface area contributed by atoms with E-state index in [-0.39, 0.29) is 6.04 Å². The molecular weight excluding hydrogens is 198 g/mol. The molecule has 1 unspecified atom stereocenters. The highest BCUT2D eigenvalue weighted by molar-refractivity contribution is 6.35. The Morgan fingerprint density at radius 2 is 2.36 bits per heavy atom. The molecule has 14 heavy (non-hydrogen) atoms. The third-order valence-corrected chi connectivity index (χ3v) is 2.96. The Hall–Kier alpha value is -1.06. The Kier molecular flexibility index (Phi) is 1.60. The van der Waals surface area contributed by atoms with E-state index in [2.05, 4.69) is 9.55 Å². The number of nitrogens with two attached hydrogens (primary N) is 1. The molecule has 0 amide bonds. The summed E-state index contributed by atoms with van der Waals surface area (Å²) >= 11 is 6.13. The van der Waals surface area contributed by atoms with Gasteiger partial charge in [-0.2, -0.15) is 0 Å². The summed E-state index contributed by atoms with van der Waals surface area (Å²) in [7, 11) is 0. The number of hydrogen-bond donors (Lipinski definition) is 1. The zero-order valence-corrected chi connectivity index (χ0v) is 8.33. The maximum Gasteiger partial charge on any atom is 0.111 e. The molecule has 2 aromatic rings. The van der Waals surface area contributed by atoms with Crippen molar-refractivity contribution in [3.05, 3.63) is 29.0 Å². The Morgan fingerprint density at radius 3 is 3.21 bits per heavy atom. The van der Waals surface area contributed by atoms with Crippen molar-refractivity contribution < 1.29 is 0 Å². The molecule has 0 fully saturated rings. The summed E-state index contributed by atoms with van der Waals surface area (Å²) in [6.45, 7) is 0.829. The maximum atomic E-state index is 6.13. The molecule has 0 saturated carbocycles. The zero-order chi connectivity index (χ0) is 9.71. The Morgan fingerprint density at radius 1 is 1.50 bits per heavy atom.